The number of nitrogens with zero attached hydrogens (tertiary/aromatic N) is 2. The third-order valence-corrected chi connectivity index (χ3v) is 8.08. The molecule has 0 aliphatic carbocycles. The molecule has 224 valence electrons. The second-order valence-electron chi connectivity index (χ2n) is 11.4. The van der Waals surface area contributed by atoms with E-state index in [1.165, 1.54) is 6.92 Å². The number of carbonyl (C=O) groups excluding carboxylic acids is 1. The predicted molar refractivity (Wildman–Crippen MR) is 168 cm³/mol. The molecule has 4 atom stereocenters. The Balaban J connectivity index is 1.33. The number of rotatable bonds is 11. The molecule has 1 aliphatic heterocycles. The molecule has 1 aromatic heterocycles. The number of likely N-dealkylation sites (N-methyl/N-ethyl adjacent to an activating group) is 1. The molecular weight excluding hydrogens is 538 g/mol. The Hall–Kier alpha value is -3.88. The average molecular weight is 580 g/mol. The molecule has 5 rings (SSSR count). The fourth-order valence-corrected chi connectivity index (χ4v) is 5.50. The third kappa shape index (κ3) is 8.15. The van der Waals surface area contributed by atoms with Crippen LogP contribution in [0.15, 0.2) is 97.2 Å². The van der Waals surface area contributed by atoms with E-state index >= 15 is 0 Å². The zero-order chi connectivity index (χ0) is 30.2. The molecule has 0 bridgehead atoms. The topological polar surface area (TPSA) is 83.9 Å². The Morgan fingerprint density at radius 1 is 0.907 bits per heavy atom. The number of nitrogens with one attached hydrogen (secondary N) is 1. The van der Waals surface area contributed by atoms with Crippen LogP contribution in [0.4, 0.5) is 0 Å². The van der Waals surface area contributed by atoms with Crippen LogP contribution in [0.5, 0.6) is 0 Å². The normalized spacial score (nSPS) is 20.2. The first-order chi connectivity index (χ1) is 20.9. The first kappa shape index (κ1) is 30.6. The minimum absolute atomic E-state index is 0.0132. The summed E-state index contributed by atoms with van der Waals surface area (Å²) in [7, 11) is 2.13. The smallest absolute Gasteiger partial charge is 0.217 e. The number of carbonyl (C=O) groups is 1. The highest BCUT2D eigenvalue weighted by molar-refractivity contribution is 5.73. The van der Waals surface area contributed by atoms with Crippen molar-refractivity contribution in [3.63, 3.8) is 0 Å². The van der Waals surface area contributed by atoms with Gasteiger partial charge in [-0.25, -0.2) is 0 Å². The summed E-state index contributed by atoms with van der Waals surface area (Å²) in [4.78, 5) is 18.1. The molecule has 1 saturated heterocycles. The van der Waals surface area contributed by atoms with Gasteiger partial charge in [0.15, 0.2) is 6.29 Å². The molecule has 1 fully saturated rings. The van der Waals surface area contributed by atoms with E-state index in [-0.39, 0.29) is 30.6 Å². The summed E-state index contributed by atoms with van der Waals surface area (Å²) in [6, 6.07) is 30.6. The van der Waals surface area contributed by atoms with E-state index in [4.69, 9.17) is 9.47 Å². The first-order valence-electron chi connectivity index (χ1n) is 14.9. The fourth-order valence-electron chi connectivity index (χ4n) is 5.50. The number of hydrogen-bond donors (Lipinski definition) is 2. The lowest BCUT2D eigenvalue weighted by atomic mass is 9.90. The minimum atomic E-state index is -0.520. The van der Waals surface area contributed by atoms with E-state index in [0.717, 1.165) is 58.6 Å². The number of aliphatic hydroxyl groups excluding tert-OH is 1. The van der Waals surface area contributed by atoms with Gasteiger partial charge in [0.25, 0.3) is 0 Å². The maximum atomic E-state index is 11.3. The van der Waals surface area contributed by atoms with Gasteiger partial charge < -0.3 is 24.8 Å². The van der Waals surface area contributed by atoms with Crippen LogP contribution in [0, 0.1) is 5.92 Å². The number of ether oxygens (including phenoxy) is 2. The second-order valence-corrected chi connectivity index (χ2v) is 11.4. The second kappa shape index (κ2) is 14.5. The first-order valence-corrected chi connectivity index (χ1v) is 14.9. The highest BCUT2D eigenvalue weighted by atomic mass is 16.7. The highest BCUT2D eigenvalue weighted by Crippen LogP contribution is 2.42. The maximum absolute atomic E-state index is 11.3. The number of aromatic nitrogens is 1. The summed E-state index contributed by atoms with van der Waals surface area (Å²) in [5.74, 6) is 0.0658. The van der Waals surface area contributed by atoms with Crippen LogP contribution in [0.3, 0.4) is 0 Å². The molecule has 0 spiro atoms. The van der Waals surface area contributed by atoms with E-state index in [2.05, 4.69) is 71.6 Å². The summed E-state index contributed by atoms with van der Waals surface area (Å²) >= 11 is 0. The van der Waals surface area contributed by atoms with Gasteiger partial charge in [-0.2, -0.15) is 0 Å². The van der Waals surface area contributed by atoms with Gasteiger partial charge in [-0.05, 0) is 53.1 Å². The third-order valence-electron chi connectivity index (χ3n) is 8.08. The molecule has 43 heavy (non-hydrogen) atoms. The molecule has 0 unspecified atom stereocenters. The van der Waals surface area contributed by atoms with Crippen molar-refractivity contribution in [1.82, 2.24) is 15.2 Å². The molecule has 7 heteroatoms. The molecule has 0 saturated carbocycles. The summed E-state index contributed by atoms with van der Waals surface area (Å²) in [6.07, 6.45) is 1.97. The van der Waals surface area contributed by atoms with Gasteiger partial charge in [-0.1, -0.05) is 79.7 Å². The lowest BCUT2D eigenvalue weighted by Gasteiger charge is -2.42. The van der Waals surface area contributed by atoms with Gasteiger partial charge in [-0.3, -0.25) is 9.78 Å². The maximum Gasteiger partial charge on any atom is 0.217 e. The van der Waals surface area contributed by atoms with Gasteiger partial charge in [0.2, 0.25) is 5.91 Å². The zero-order valence-electron chi connectivity index (χ0n) is 25.1. The van der Waals surface area contributed by atoms with Crippen molar-refractivity contribution in [2.24, 2.45) is 5.92 Å². The summed E-state index contributed by atoms with van der Waals surface area (Å²) < 4.78 is 13.3. The summed E-state index contributed by atoms with van der Waals surface area (Å²) in [5, 5.41) is 12.4. The van der Waals surface area contributed by atoms with Gasteiger partial charge in [-0.15, -0.1) is 0 Å². The number of benzene rings is 3. The quantitative estimate of drug-likeness (QED) is 0.232. The molecule has 4 aromatic rings. The molecule has 7 nitrogen and oxygen atoms in total. The number of aliphatic hydroxyl groups is 1. The minimum Gasteiger partial charge on any atom is -0.392 e. The van der Waals surface area contributed by atoms with E-state index in [1.807, 2.05) is 54.7 Å². The van der Waals surface area contributed by atoms with Crippen LogP contribution < -0.4 is 5.32 Å². The summed E-state index contributed by atoms with van der Waals surface area (Å²) in [5.41, 5.74) is 7.21. The van der Waals surface area contributed by atoms with Gasteiger partial charge in [0.1, 0.15) is 0 Å². The monoisotopic (exact) mass is 579 g/mol. The van der Waals surface area contributed by atoms with Crippen LogP contribution >= 0.6 is 0 Å². The van der Waals surface area contributed by atoms with Gasteiger partial charge in [0, 0.05) is 56.4 Å². The Morgan fingerprint density at radius 2 is 1.67 bits per heavy atom. The van der Waals surface area contributed by atoms with Crippen molar-refractivity contribution in [1.29, 1.82) is 0 Å². The lowest BCUT2D eigenvalue weighted by Crippen LogP contribution is -2.43. The van der Waals surface area contributed by atoms with Crippen molar-refractivity contribution in [2.75, 3.05) is 20.1 Å². The predicted octanol–water partition coefficient (Wildman–Crippen LogP) is 5.84. The molecule has 3 aromatic carbocycles. The van der Waals surface area contributed by atoms with Crippen LogP contribution in [0.1, 0.15) is 54.2 Å². The molecule has 1 amide bonds. The van der Waals surface area contributed by atoms with Gasteiger partial charge in [0.05, 0.1) is 18.8 Å². The molecule has 2 heterocycles. The number of amides is 1. The average Bonchev–Trinajstić information content (AvgIpc) is 3.04. The molecule has 0 radical (unpaired) electrons. The van der Waals surface area contributed by atoms with E-state index < -0.39 is 6.29 Å². The van der Waals surface area contributed by atoms with Crippen LogP contribution in [0.2, 0.25) is 0 Å². The Bertz CT molecular complexity index is 1460. The lowest BCUT2D eigenvalue weighted by molar-refractivity contribution is -0.275. The highest BCUT2D eigenvalue weighted by Gasteiger charge is 2.38. The fraction of sp³-hybridized carbons (Fsp3) is 0.333. The van der Waals surface area contributed by atoms with Crippen molar-refractivity contribution in [3.8, 4) is 11.1 Å². The van der Waals surface area contributed by atoms with Crippen LogP contribution in [0.25, 0.3) is 11.1 Å². The molecule has 2 N–H and O–H groups in total. The number of hydrogen-bond acceptors (Lipinski definition) is 6. The van der Waals surface area contributed by atoms with Crippen molar-refractivity contribution in [2.45, 2.75) is 51.9 Å². The Morgan fingerprint density at radius 3 is 2.37 bits per heavy atom. The Labute approximate surface area is 254 Å². The SMILES string of the molecule is CC(=O)NCc1cccc(-c2ccc([C@H]3O[C@@H](CN(C)CCc4ccccn4)[C@@H](C)[C@@H](c4ccc(CO)cc4)O3)cc2)c1. The summed E-state index contributed by atoms with van der Waals surface area (Å²) in [6.45, 7) is 5.87. The Kier molecular flexibility index (Phi) is 10.3. The largest absolute Gasteiger partial charge is 0.392 e. The van der Waals surface area contributed by atoms with Gasteiger partial charge >= 0.3 is 0 Å². The van der Waals surface area contributed by atoms with Crippen molar-refractivity contribution in [3.05, 3.63) is 125 Å². The van der Waals surface area contributed by atoms with E-state index in [0.29, 0.717) is 6.54 Å². The molecular formula is C36H41N3O4. The van der Waals surface area contributed by atoms with E-state index in [1.54, 1.807) is 0 Å². The van der Waals surface area contributed by atoms with Crippen LogP contribution in [-0.4, -0.2) is 47.1 Å². The number of pyridine rings is 1. The molecule has 1 aliphatic rings. The van der Waals surface area contributed by atoms with E-state index in [9.17, 15) is 9.90 Å². The zero-order valence-corrected chi connectivity index (χ0v) is 25.1. The standard InChI is InChI=1S/C36H41N3O4/c1-25-34(23-39(3)20-18-33-9-4-5-19-37-33)42-36(43-35(25)30-12-10-27(24-40)11-13-30)31-16-14-29(15-17-31)32-8-6-7-28(21-32)22-38-26(2)41/h4-17,19,21,25,34-36,40H,18,20,22-24H2,1-3H3,(H,38,41)/t25-,34+,35+,36+/m1/s1. The van der Waals surface area contributed by atoms with Crippen LogP contribution in [-0.2, 0) is 33.8 Å². The van der Waals surface area contributed by atoms with Crippen molar-refractivity contribution >= 4 is 5.91 Å². The van der Waals surface area contributed by atoms with Crippen molar-refractivity contribution < 1.29 is 19.4 Å².